The smallest absolute Gasteiger partial charge is 0.168 e. The zero-order valence-corrected chi connectivity index (χ0v) is 52.5. The number of piperidine rings is 1. The van der Waals surface area contributed by atoms with Crippen LogP contribution in [0.2, 0.25) is 0 Å². The van der Waals surface area contributed by atoms with Gasteiger partial charge in [0.25, 0.3) is 0 Å². The Morgan fingerprint density at radius 2 is 1.70 bits per heavy atom. The van der Waals surface area contributed by atoms with Crippen molar-refractivity contribution in [2.24, 2.45) is 29.6 Å². The molecule has 1 saturated carbocycles. The molecule has 0 radical (unpaired) electrons. The lowest BCUT2D eigenvalue weighted by Gasteiger charge is -2.63. The number of dihydropyridines is 1. The van der Waals surface area contributed by atoms with Crippen LogP contribution in [0.1, 0.15) is 145 Å². The largest absolute Gasteiger partial charge is 0.508 e. The number of fused-ring (bicyclic) bond motifs is 7. The van der Waals surface area contributed by atoms with Crippen LogP contribution in [0, 0.1) is 41.4 Å². The SMILES string of the molecule is CNCC1=C[C@H]2CC[C@@H](CCc3ccc(O)c(Cc4cccc(O)c4)c3)C#CC3=C4CC[C@H](OC)NC4NC4=C3[C@@H]1O[C@@H]2C[C@H](O)[C@H]1C=Cc2c(c(CO)cc(O)c2OCc2cc([C@]35c6c7cccc6CC[C@H]3C3(CCCCC3)OC[C@H]5CC7)cc3cn4cc23)C1. The molecule has 3 fully saturated rings. The number of nitrogens with zero attached hydrogens (tertiary/aromatic N) is 1. The quantitative estimate of drug-likeness (QED) is 0.0481. The first-order valence-corrected chi connectivity index (χ1v) is 34.0. The topological polar surface area (TPSA) is 179 Å². The summed E-state index contributed by atoms with van der Waals surface area (Å²) >= 11 is 0. The van der Waals surface area contributed by atoms with E-state index >= 15 is 0 Å². The molecule has 8 heterocycles. The molecular formula is C78H86N4O9. The van der Waals surface area contributed by atoms with E-state index in [1.165, 1.54) is 47.1 Å². The molecule has 6 aromatic rings. The van der Waals surface area contributed by atoms with Crippen molar-refractivity contribution in [3.63, 3.8) is 0 Å². The zero-order chi connectivity index (χ0) is 61.7. The van der Waals surface area contributed by atoms with Gasteiger partial charge in [-0.3, -0.25) is 5.32 Å². The second-order valence-corrected chi connectivity index (χ2v) is 28.2. The molecule has 472 valence electrons. The number of nitrogens with one attached hydrogen (secondary N) is 3. The number of phenols is 3. The maximum Gasteiger partial charge on any atom is 0.168 e. The first-order valence-electron chi connectivity index (χ1n) is 34.0. The van der Waals surface area contributed by atoms with E-state index in [0.717, 1.165) is 150 Å². The van der Waals surface area contributed by atoms with E-state index in [9.17, 15) is 25.5 Å². The summed E-state index contributed by atoms with van der Waals surface area (Å²) in [4.78, 5) is 0. The van der Waals surface area contributed by atoms with Crippen molar-refractivity contribution in [1.29, 1.82) is 0 Å². The van der Waals surface area contributed by atoms with Crippen molar-refractivity contribution in [3.8, 4) is 34.8 Å². The van der Waals surface area contributed by atoms with E-state index in [2.05, 4.69) is 93.3 Å². The minimum atomic E-state index is -0.806. The van der Waals surface area contributed by atoms with Crippen molar-refractivity contribution in [3.05, 3.63) is 187 Å². The molecule has 7 aliphatic heterocycles. The summed E-state index contributed by atoms with van der Waals surface area (Å²) in [6.07, 6.45) is 24.8. The van der Waals surface area contributed by atoms with Gasteiger partial charge in [0, 0.05) is 95.5 Å². The van der Waals surface area contributed by atoms with Crippen LogP contribution < -0.4 is 20.7 Å². The maximum absolute atomic E-state index is 12.8. The van der Waals surface area contributed by atoms with Crippen molar-refractivity contribution >= 4 is 22.7 Å². The minimum Gasteiger partial charge on any atom is -0.508 e. The molecule has 1 aromatic heterocycles. The Morgan fingerprint density at radius 1 is 0.846 bits per heavy atom. The van der Waals surface area contributed by atoms with E-state index < -0.39 is 12.2 Å². The van der Waals surface area contributed by atoms with Gasteiger partial charge >= 0.3 is 0 Å². The summed E-state index contributed by atoms with van der Waals surface area (Å²) in [5.74, 6) is 9.83. The van der Waals surface area contributed by atoms with Crippen molar-refractivity contribution < 1.29 is 44.5 Å². The Balaban J connectivity index is 0.905. The molecule has 18 rings (SSSR count). The van der Waals surface area contributed by atoms with Crippen LogP contribution in [0.3, 0.4) is 0 Å². The van der Waals surface area contributed by atoms with Crippen LogP contribution in [0.25, 0.3) is 22.7 Å². The maximum atomic E-state index is 12.8. The monoisotopic (exact) mass is 1220 g/mol. The number of hydrogen-bond acceptors (Lipinski definition) is 12. The van der Waals surface area contributed by atoms with Gasteiger partial charge in [0.15, 0.2) is 11.5 Å². The number of methoxy groups -OCH3 is 1. The fourth-order valence-corrected chi connectivity index (χ4v) is 18.9. The van der Waals surface area contributed by atoms with Crippen LogP contribution in [0.4, 0.5) is 0 Å². The van der Waals surface area contributed by atoms with Gasteiger partial charge in [0.05, 0.1) is 31.0 Å². The lowest BCUT2D eigenvalue weighted by atomic mass is 9.45. The molecule has 5 aromatic carbocycles. The predicted octanol–water partition coefficient (Wildman–Crippen LogP) is 11.8. The standard InChI is InChI=1S/C78H86N4O9/c1-79-39-53-33-51-17-14-45(12-13-46-16-25-65(85)52(30-46)31-47-8-6-11-59(84)32-47)15-22-60-62-24-27-70(88-2)80-75(62)81-76-71(60)73(53)91-68(51)38-66(86)50-19-23-61-63(36-50)55(42-83)37-67(87)74(61)89-43-56-35-58(34-54-40-82(76)41-64(54)56)78-57-21-18-48-9-7-10-49(72(48)78)20-26-69(78)77(90-44-57)28-4-3-5-29-77/h6-11,16,19,23,25,30,32-35,37,40-41,45,50-51,57,66,68-70,73,75,79-81,83-87H,3-5,12-14,17-18,20-21,24,26-29,31,36,38-39,42-44H2,1-2H3/t45-,50+,51-,57-,66+,68-,69+,70+,73-,75?,78+/m1/s1. The number of aryl methyl sites for hydroxylation is 3. The van der Waals surface area contributed by atoms with E-state index in [-0.39, 0.29) is 89.6 Å². The van der Waals surface area contributed by atoms with Gasteiger partial charge in [0.2, 0.25) is 0 Å². The van der Waals surface area contributed by atoms with Crippen LogP contribution in [-0.4, -0.2) is 93.7 Å². The number of rotatable bonds is 10. The average molecular weight is 1220 g/mol. The Kier molecular flexibility index (Phi) is 15.4. The number of likely N-dealkylation sites (N-methyl/N-ethyl adjacent to an activating group) is 1. The molecule has 10 bridgehead atoms. The fraction of sp³-hybridized carbons (Fsp3) is 0.462. The number of aromatic nitrogens is 1. The lowest BCUT2D eigenvalue weighted by molar-refractivity contribution is -0.193. The molecule has 2 saturated heterocycles. The number of hydrogen-bond donors (Lipinski definition) is 8. The Hall–Kier alpha value is -7.12. The third kappa shape index (κ3) is 10.2. The van der Waals surface area contributed by atoms with E-state index in [1.54, 1.807) is 31.4 Å². The summed E-state index contributed by atoms with van der Waals surface area (Å²) in [7, 11) is 3.78. The molecule has 12 aliphatic rings. The van der Waals surface area contributed by atoms with Gasteiger partial charge in [-0.15, -0.1) is 0 Å². The van der Waals surface area contributed by atoms with E-state index in [0.29, 0.717) is 37.1 Å². The van der Waals surface area contributed by atoms with Gasteiger partial charge in [-0.05, 0) is 194 Å². The fourth-order valence-electron chi connectivity index (χ4n) is 18.9. The molecule has 5 aliphatic carbocycles. The summed E-state index contributed by atoms with van der Waals surface area (Å²) in [5.41, 5.74) is 15.7. The Labute approximate surface area is 534 Å². The molecule has 13 heteroatoms. The predicted molar refractivity (Wildman–Crippen MR) is 352 cm³/mol. The van der Waals surface area contributed by atoms with Gasteiger partial charge < -0.3 is 59.7 Å². The highest BCUT2D eigenvalue weighted by Gasteiger charge is 2.63. The summed E-state index contributed by atoms with van der Waals surface area (Å²) in [6.45, 7) is 1.22. The number of aliphatic hydroxyl groups is 2. The van der Waals surface area contributed by atoms with Crippen molar-refractivity contribution in [2.75, 3.05) is 27.3 Å². The highest BCUT2D eigenvalue weighted by atomic mass is 16.5. The third-order valence-electron chi connectivity index (χ3n) is 23.2. The molecule has 1 spiro atoms. The normalized spacial score (nSPS) is 29.3. The van der Waals surface area contributed by atoms with Crippen LogP contribution >= 0.6 is 0 Å². The summed E-state index contributed by atoms with van der Waals surface area (Å²) in [5, 5.41) is 71.0. The molecule has 13 nitrogen and oxygen atoms in total. The number of phenolic OH excluding ortho intramolecular Hbond substituents is 3. The first-order chi connectivity index (χ1) is 44.5. The average Bonchev–Trinajstić information content (AvgIpc) is 1.30. The third-order valence-corrected chi connectivity index (χ3v) is 23.2. The van der Waals surface area contributed by atoms with Gasteiger partial charge in [-0.2, -0.15) is 0 Å². The van der Waals surface area contributed by atoms with E-state index in [1.807, 2.05) is 31.3 Å². The number of aromatic hydroxyl groups is 3. The van der Waals surface area contributed by atoms with Crippen molar-refractivity contribution in [2.45, 2.75) is 171 Å². The Bertz CT molecular complexity index is 4050. The van der Waals surface area contributed by atoms with Crippen molar-refractivity contribution in [1.82, 2.24) is 20.5 Å². The summed E-state index contributed by atoms with van der Waals surface area (Å²) < 4.78 is 30.8. The molecule has 8 N–H and O–H groups in total. The van der Waals surface area contributed by atoms with Crippen LogP contribution in [-0.2, 0) is 64.9 Å². The molecule has 91 heavy (non-hydrogen) atoms. The molecule has 0 amide bonds. The lowest BCUT2D eigenvalue weighted by Crippen LogP contribution is -2.64. The number of ether oxygens (including phenoxy) is 4. The van der Waals surface area contributed by atoms with Gasteiger partial charge in [-0.1, -0.05) is 97.9 Å². The van der Waals surface area contributed by atoms with E-state index in [4.69, 9.17) is 18.9 Å². The first kappa shape index (κ1) is 58.9. The highest BCUT2D eigenvalue weighted by Crippen LogP contribution is 2.64. The highest BCUT2D eigenvalue weighted by molar-refractivity contribution is 5.89. The Morgan fingerprint density at radius 3 is 2.54 bits per heavy atom. The summed E-state index contributed by atoms with van der Waals surface area (Å²) in [6, 6.07) is 26.9. The minimum absolute atomic E-state index is 0.0131. The number of aliphatic hydroxyl groups excluding tert-OH is 2. The van der Waals surface area contributed by atoms with Gasteiger partial charge in [0.1, 0.15) is 42.4 Å². The molecule has 1 unspecified atom stereocenters. The van der Waals surface area contributed by atoms with Crippen LogP contribution in [0.15, 0.2) is 126 Å². The zero-order valence-electron chi connectivity index (χ0n) is 52.5. The molecular weight excluding hydrogens is 1140 g/mol. The second-order valence-electron chi connectivity index (χ2n) is 28.2. The number of benzene rings is 5. The molecule has 11 atom stereocenters. The van der Waals surface area contributed by atoms with Crippen LogP contribution in [0.5, 0.6) is 23.0 Å². The second kappa shape index (κ2) is 23.8. The van der Waals surface area contributed by atoms with Gasteiger partial charge in [-0.25, -0.2) is 0 Å².